The van der Waals surface area contributed by atoms with E-state index in [2.05, 4.69) is 15.3 Å². The number of carboxylic acid groups (broad SMARTS) is 1. The zero-order valence-corrected chi connectivity index (χ0v) is 14.9. The van der Waals surface area contributed by atoms with Crippen LogP contribution in [0, 0.1) is 5.82 Å². The molecule has 1 aliphatic rings. The summed E-state index contributed by atoms with van der Waals surface area (Å²) in [4.78, 5) is 25.7. The molecule has 1 fully saturated rings. The quantitative estimate of drug-likeness (QED) is 0.721. The van der Waals surface area contributed by atoms with Crippen LogP contribution < -0.4 is 0 Å². The number of nitrogens with zero attached hydrogens (tertiary/aromatic N) is 4. The van der Waals surface area contributed by atoms with Crippen LogP contribution in [0.5, 0.6) is 0 Å². The van der Waals surface area contributed by atoms with Crippen molar-refractivity contribution < 1.29 is 19.1 Å². The number of carbonyl (C=O) groups is 2. The predicted molar refractivity (Wildman–Crippen MR) is 97.3 cm³/mol. The number of amides is 1. The van der Waals surface area contributed by atoms with Crippen molar-refractivity contribution in [3.05, 3.63) is 59.8 Å². The van der Waals surface area contributed by atoms with E-state index in [0.717, 1.165) is 0 Å². The molecule has 4 rings (SSSR count). The molecule has 28 heavy (non-hydrogen) atoms. The third-order valence-electron chi connectivity index (χ3n) is 4.98. The van der Waals surface area contributed by atoms with E-state index in [9.17, 15) is 14.0 Å². The highest BCUT2D eigenvalue weighted by molar-refractivity contribution is 5.99. The second-order valence-corrected chi connectivity index (χ2v) is 6.70. The molecule has 0 spiro atoms. The lowest BCUT2D eigenvalue weighted by Crippen LogP contribution is -2.39. The van der Waals surface area contributed by atoms with Gasteiger partial charge in [0.15, 0.2) is 0 Å². The van der Waals surface area contributed by atoms with Crippen LogP contribution in [0.1, 0.15) is 39.6 Å². The Bertz CT molecular complexity index is 1000. The Morgan fingerprint density at radius 3 is 2.50 bits per heavy atom. The molecule has 1 aromatic carbocycles. The second-order valence-electron chi connectivity index (χ2n) is 6.70. The minimum atomic E-state index is -1.01. The van der Waals surface area contributed by atoms with Crippen LogP contribution >= 0.6 is 0 Å². The summed E-state index contributed by atoms with van der Waals surface area (Å²) in [6.07, 6.45) is 5.69. The van der Waals surface area contributed by atoms with Gasteiger partial charge in [0.25, 0.3) is 5.91 Å². The highest BCUT2D eigenvalue weighted by atomic mass is 19.1. The minimum Gasteiger partial charge on any atom is -0.478 e. The first kappa shape index (κ1) is 17.9. The van der Waals surface area contributed by atoms with Crippen molar-refractivity contribution >= 4 is 11.9 Å². The maximum absolute atomic E-state index is 13.2. The lowest BCUT2D eigenvalue weighted by Gasteiger charge is -2.32. The van der Waals surface area contributed by atoms with Gasteiger partial charge in [0, 0.05) is 24.8 Å². The van der Waals surface area contributed by atoms with Crippen LogP contribution in [0.25, 0.3) is 11.3 Å². The molecule has 3 heterocycles. The van der Waals surface area contributed by atoms with Crippen LogP contribution in [0.15, 0.2) is 42.9 Å². The molecule has 8 nitrogen and oxygen atoms in total. The van der Waals surface area contributed by atoms with E-state index in [-0.39, 0.29) is 23.3 Å². The normalized spacial score (nSPS) is 15.0. The van der Waals surface area contributed by atoms with Gasteiger partial charge in [-0.15, -0.1) is 0 Å². The maximum atomic E-state index is 13.2. The van der Waals surface area contributed by atoms with Gasteiger partial charge in [-0.05, 0) is 37.1 Å². The van der Waals surface area contributed by atoms with E-state index < -0.39 is 5.97 Å². The lowest BCUT2D eigenvalue weighted by atomic mass is 10.0. The number of aromatic amines is 1. The van der Waals surface area contributed by atoms with Gasteiger partial charge in [0.1, 0.15) is 5.82 Å². The van der Waals surface area contributed by atoms with Gasteiger partial charge in [0.05, 0.1) is 35.3 Å². The Hall–Kier alpha value is -3.49. The van der Waals surface area contributed by atoms with Crippen LogP contribution in [0.3, 0.4) is 0 Å². The number of hydrogen-bond donors (Lipinski definition) is 2. The summed E-state index contributed by atoms with van der Waals surface area (Å²) in [5.41, 5.74) is 1.85. The van der Waals surface area contributed by atoms with Gasteiger partial charge in [-0.3, -0.25) is 14.6 Å². The molecule has 0 radical (unpaired) electrons. The molecule has 1 saturated heterocycles. The van der Waals surface area contributed by atoms with Crippen LogP contribution in [-0.2, 0) is 0 Å². The molecule has 0 aliphatic carbocycles. The Morgan fingerprint density at radius 2 is 1.86 bits per heavy atom. The number of nitrogens with one attached hydrogen (secondary N) is 1. The summed E-state index contributed by atoms with van der Waals surface area (Å²) < 4.78 is 14.8. The van der Waals surface area contributed by atoms with Crippen molar-refractivity contribution in [1.82, 2.24) is 24.9 Å². The molecule has 9 heteroatoms. The number of rotatable bonds is 4. The number of carboxylic acids is 1. The Morgan fingerprint density at radius 1 is 1.14 bits per heavy atom. The van der Waals surface area contributed by atoms with Crippen molar-refractivity contribution in [2.75, 3.05) is 13.1 Å². The van der Waals surface area contributed by atoms with E-state index in [1.807, 2.05) is 0 Å². The summed E-state index contributed by atoms with van der Waals surface area (Å²) in [6, 6.07) is 5.93. The molecule has 2 aromatic heterocycles. The average molecular weight is 383 g/mol. The summed E-state index contributed by atoms with van der Waals surface area (Å²) >= 11 is 0. The monoisotopic (exact) mass is 383 g/mol. The topological polar surface area (TPSA) is 104 Å². The summed E-state index contributed by atoms with van der Waals surface area (Å²) in [5.74, 6) is -1.49. The first-order valence-electron chi connectivity index (χ1n) is 8.89. The predicted octanol–water partition coefficient (Wildman–Crippen LogP) is 2.59. The molecule has 144 valence electrons. The summed E-state index contributed by atoms with van der Waals surface area (Å²) in [7, 11) is 0. The molecule has 0 saturated carbocycles. The third kappa shape index (κ3) is 3.38. The molecule has 0 unspecified atom stereocenters. The first-order chi connectivity index (χ1) is 13.5. The van der Waals surface area contributed by atoms with Crippen molar-refractivity contribution in [3.63, 3.8) is 0 Å². The van der Waals surface area contributed by atoms with E-state index in [0.29, 0.717) is 42.8 Å². The maximum Gasteiger partial charge on any atom is 0.338 e. The van der Waals surface area contributed by atoms with Gasteiger partial charge < -0.3 is 10.0 Å². The fourth-order valence-electron chi connectivity index (χ4n) is 3.44. The van der Waals surface area contributed by atoms with E-state index >= 15 is 0 Å². The average Bonchev–Trinajstić information content (AvgIpc) is 3.38. The van der Waals surface area contributed by atoms with E-state index in [1.165, 1.54) is 30.7 Å². The number of piperidine rings is 1. The number of likely N-dealkylation sites (tertiary alicyclic amines) is 1. The van der Waals surface area contributed by atoms with Gasteiger partial charge in [-0.1, -0.05) is 0 Å². The lowest BCUT2D eigenvalue weighted by molar-refractivity contribution is 0.0689. The summed E-state index contributed by atoms with van der Waals surface area (Å²) in [6.45, 7) is 1.06. The number of aromatic carboxylic acids is 1. The molecule has 1 amide bonds. The largest absolute Gasteiger partial charge is 0.478 e. The number of halogens is 1. The van der Waals surface area contributed by atoms with Crippen molar-refractivity contribution in [2.45, 2.75) is 18.9 Å². The molecule has 0 bridgehead atoms. The molecule has 3 aromatic rings. The Balaban J connectivity index is 1.45. The van der Waals surface area contributed by atoms with E-state index in [4.69, 9.17) is 5.11 Å². The fourth-order valence-corrected chi connectivity index (χ4v) is 3.44. The Kier molecular flexibility index (Phi) is 4.64. The zero-order valence-electron chi connectivity index (χ0n) is 14.9. The molecular weight excluding hydrogens is 365 g/mol. The minimum absolute atomic E-state index is 0.0538. The van der Waals surface area contributed by atoms with Gasteiger partial charge >= 0.3 is 5.97 Å². The molecule has 2 N–H and O–H groups in total. The smallest absolute Gasteiger partial charge is 0.338 e. The van der Waals surface area contributed by atoms with Crippen LogP contribution in [-0.4, -0.2) is 55.0 Å². The van der Waals surface area contributed by atoms with E-state index in [1.54, 1.807) is 21.7 Å². The second kappa shape index (κ2) is 7.26. The fraction of sp³-hybridized carbons (Fsp3) is 0.263. The highest BCUT2D eigenvalue weighted by Crippen LogP contribution is 2.26. The Labute approximate surface area is 159 Å². The number of H-pyrrole nitrogens is 1. The number of aromatic nitrogens is 4. The van der Waals surface area contributed by atoms with Crippen molar-refractivity contribution in [1.29, 1.82) is 0 Å². The first-order valence-corrected chi connectivity index (χ1v) is 8.89. The summed E-state index contributed by atoms with van der Waals surface area (Å²) in [5, 5.41) is 19.9. The molecule has 1 aliphatic heterocycles. The third-order valence-corrected chi connectivity index (χ3v) is 4.98. The zero-order chi connectivity index (χ0) is 19.7. The standard InChI is InChI=1S/C19H18FN5O3/c20-14-3-1-12(2-4-14)17-16(10-21-23-17)18(26)24-7-5-15(6-8-24)25-11-13(9-22-25)19(27)28/h1-4,9-11,15H,5-8H2,(H,21,23)(H,27,28). The van der Waals surface area contributed by atoms with Crippen LogP contribution in [0.4, 0.5) is 4.39 Å². The molecule has 0 atom stereocenters. The SMILES string of the molecule is O=C(O)c1cnn(C2CCN(C(=O)c3cn[nH]c3-c3ccc(F)cc3)CC2)c1. The van der Waals surface area contributed by atoms with Crippen molar-refractivity contribution in [2.24, 2.45) is 0 Å². The van der Waals surface area contributed by atoms with Gasteiger partial charge in [0.2, 0.25) is 0 Å². The highest BCUT2D eigenvalue weighted by Gasteiger charge is 2.27. The number of carbonyl (C=O) groups excluding carboxylic acids is 1. The van der Waals surface area contributed by atoms with Gasteiger partial charge in [-0.25, -0.2) is 9.18 Å². The van der Waals surface area contributed by atoms with Crippen molar-refractivity contribution in [3.8, 4) is 11.3 Å². The van der Waals surface area contributed by atoms with Gasteiger partial charge in [-0.2, -0.15) is 10.2 Å². The van der Waals surface area contributed by atoms with Crippen LogP contribution in [0.2, 0.25) is 0 Å². The number of benzene rings is 1. The number of hydrogen-bond acceptors (Lipinski definition) is 4. The molecular formula is C19H18FN5O3.